The molecule has 188 valence electrons. The molecule has 0 amide bonds. The van der Waals surface area contributed by atoms with E-state index in [4.69, 9.17) is 4.74 Å². The Bertz CT molecular complexity index is 1260. The molecular formula is C22H23F3N3O6S+. The van der Waals surface area contributed by atoms with Gasteiger partial charge in [-0.2, -0.15) is 31.8 Å². The average molecular weight is 515 g/mol. The quantitative estimate of drug-likeness (QED) is 0.241. The molecule has 0 spiro atoms. The molecule has 1 aromatic heterocycles. The Balaban J connectivity index is 2.14. The van der Waals surface area contributed by atoms with Crippen LogP contribution >= 0.6 is 0 Å². The third-order valence-electron chi connectivity index (χ3n) is 6.53. The maximum Gasteiger partial charge on any atom is 0.534 e. The van der Waals surface area contributed by atoms with Crippen LogP contribution in [0.5, 0.6) is 5.88 Å². The van der Waals surface area contributed by atoms with Gasteiger partial charge in [0.1, 0.15) is 11.8 Å². The van der Waals surface area contributed by atoms with Crippen molar-refractivity contribution in [2.45, 2.75) is 44.4 Å². The van der Waals surface area contributed by atoms with E-state index in [0.717, 1.165) is 0 Å². The van der Waals surface area contributed by atoms with Gasteiger partial charge in [-0.1, -0.05) is 26.0 Å². The topological polar surface area (TPSA) is 140 Å². The Morgan fingerprint density at radius 2 is 1.94 bits per heavy atom. The smallest absolute Gasteiger partial charge is 0.368 e. The fraction of sp³-hybridized carbons (Fsp3) is 0.455. The molecule has 1 aliphatic carbocycles. The number of halogens is 3. The summed E-state index contributed by atoms with van der Waals surface area (Å²) in [6, 6.07) is 8.82. The van der Waals surface area contributed by atoms with Crippen LogP contribution in [0.15, 0.2) is 35.5 Å². The number of aliphatic hydroxyl groups is 1. The molecule has 0 saturated heterocycles. The molecular weight excluding hydrogens is 491 g/mol. The Morgan fingerprint density at radius 1 is 1.31 bits per heavy atom. The Morgan fingerprint density at radius 3 is 2.43 bits per heavy atom. The van der Waals surface area contributed by atoms with E-state index in [1.54, 1.807) is 12.1 Å². The number of aromatic amines is 1. The number of nitrogens with one attached hydrogen (secondary N) is 1. The van der Waals surface area contributed by atoms with Crippen molar-refractivity contribution in [1.29, 1.82) is 5.26 Å². The predicted molar refractivity (Wildman–Crippen MR) is 116 cm³/mol. The molecule has 3 rings (SSSR count). The van der Waals surface area contributed by atoms with Gasteiger partial charge < -0.3 is 14.0 Å². The van der Waals surface area contributed by atoms with Gasteiger partial charge in [0.15, 0.2) is 17.5 Å². The molecule has 1 aliphatic rings. The van der Waals surface area contributed by atoms with Crippen molar-refractivity contribution < 1.29 is 40.6 Å². The maximum atomic E-state index is 13.0. The minimum absolute atomic E-state index is 0.00355. The third-order valence-corrected chi connectivity index (χ3v) is 7.48. The van der Waals surface area contributed by atoms with Crippen LogP contribution < -0.4 is 9.17 Å². The predicted octanol–water partition coefficient (Wildman–Crippen LogP) is 4.15. The van der Waals surface area contributed by atoms with Crippen LogP contribution in [0, 0.1) is 27.6 Å². The van der Waals surface area contributed by atoms with Crippen molar-refractivity contribution in [3.05, 3.63) is 46.5 Å². The summed E-state index contributed by atoms with van der Waals surface area (Å²) >= 11 is 0. The first kappa shape index (κ1) is 26.5. The van der Waals surface area contributed by atoms with Crippen LogP contribution in [-0.4, -0.2) is 32.4 Å². The molecule has 13 heteroatoms. The van der Waals surface area contributed by atoms with Crippen molar-refractivity contribution in [3.63, 3.8) is 0 Å². The van der Waals surface area contributed by atoms with Crippen LogP contribution in [0.25, 0.3) is 11.1 Å². The number of nitrogens with zero attached hydrogens (tertiary/aromatic N) is 2. The molecule has 1 saturated carbocycles. The summed E-state index contributed by atoms with van der Waals surface area (Å²) in [5.74, 6) is -1.17. The summed E-state index contributed by atoms with van der Waals surface area (Å²) in [5.41, 5.74) is -5.76. The second-order valence-corrected chi connectivity index (χ2v) is 10.3. The van der Waals surface area contributed by atoms with Crippen LogP contribution in [0.3, 0.4) is 0 Å². The number of aromatic nitrogens is 1. The number of hydrogen-bond acceptors (Lipinski definition) is 8. The standard InChI is InChI=1S/C22H22F3N3O6S/c1-21(2)13(9-19(29)33-3)8-17(21)18-10-15(12-4-6-14(28-30)7-5-12)16(11-26)20(27-18)34-35(31,32)22(23,24)25/h4-7,10,13,17,19,29H,8-9H2,1-3H3/p+1/t13-,17+,19?/m0/s1. The Labute approximate surface area is 199 Å². The normalized spacial score (nSPS) is 20.4. The first-order chi connectivity index (χ1) is 16.2. The van der Waals surface area contributed by atoms with E-state index in [1.165, 1.54) is 31.4 Å². The van der Waals surface area contributed by atoms with Gasteiger partial charge in [0.05, 0.1) is 0 Å². The zero-order valence-electron chi connectivity index (χ0n) is 19.0. The largest absolute Gasteiger partial charge is 0.534 e. The summed E-state index contributed by atoms with van der Waals surface area (Å²) in [5, 5.41) is 22.3. The van der Waals surface area contributed by atoms with Crippen molar-refractivity contribution in [1.82, 2.24) is 0 Å². The first-order valence-electron chi connectivity index (χ1n) is 10.4. The lowest BCUT2D eigenvalue weighted by molar-refractivity contribution is -0.409. The molecule has 2 N–H and O–H groups in total. The van der Waals surface area contributed by atoms with Crippen LogP contribution in [-0.2, 0) is 14.9 Å². The molecule has 1 aromatic carbocycles. The zero-order valence-corrected chi connectivity index (χ0v) is 19.8. The summed E-state index contributed by atoms with van der Waals surface area (Å²) < 4.78 is 71.9. The molecule has 1 unspecified atom stereocenters. The van der Waals surface area contributed by atoms with E-state index in [9.17, 15) is 36.9 Å². The number of nitriles is 1. The number of H-pyrrole nitrogens is 1. The van der Waals surface area contributed by atoms with E-state index in [-0.39, 0.29) is 23.1 Å². The monoisotopic (exact) mass is 514 g/mol. The molecule has 0 aliphatic heterocycles. The maximum absolute atomic E-state index is 13.0. The molecule has 9 nitrogen and oxygen atoms in total. The lowest BCUT2D eigenvalue weighted by atomic mass is 9.52. The van der Waals surface area contributed by atoms with Gasteiger partial charge in [-0.05, 0) is 40.6 Å². The van der Waals surface area contributed by atoms with Crippen molar-refractivity contribution in [2.24, 2.45) is 16.5 Å². The number of nitroso groups, excluding NO2 is 1. The summed E-state index contributed by atoms with van der Waals surface area (Å²) in [7, 11) is -4.71. The highest BCUT2D eigenvalue weighted by atomic mass is 32.2. The van der Waals surface area contributed by atoms with Crippen molar-refractivity contribution in [2.75, 3.05) is 7.11 Å². The first-order valence-corrected chi connectivity index (χ1v) is 11.8. The molecule has 1 heterocycles. The van der Waals surface area contributed by atoms with E-state index in [2.05, 4.69) is 14.3 Å². The fourth-order valence-electron chi connectivity index (χ4n) is 4.31. The fourth-order valence-corrected chi connectivity index (χ4v) is 4.75. The molecule has 2 aromatic rings. The number of alkyl halides is 3. The van der Waals surface area contributed by atoms with Gasteiger partial charge in [0.25, 0.3) is 0 Å². The summed E-state index contributed by atoms with van der Waals surface area (Å²) in [6.07, 6.45) is -0.148. The van der Waals surface area contributed by atoms with Crippen LogP contribution in [0.4, 0.5) is 18.9 Å². The number of pyridine rings is 1. The van der Waals surface area contributed by atoms with Crippen molar-refractivity contribution in [3.8, 4) is 23.1 Å². The van der Waals surface area contributed by atoms with Gasteiger partial charge in [0.2, 0.25) is 0 Å². The molecule has 0 bridgehead atoms. The Kier molecular flexibility index (Phi) is 7.21. The van der Waals surface area contributed by atoms with E-state index in [1.807, 2.05) is 13.8 Å². The summed E-state index contributed by atoms with van der Waals surface area (Å²) in [4.78, 5) is 13.3. The van der Waals surface area contributed by atoms with E-state index >= 15 is 0 Å². The third kappa shape index (κ3) is 5.14. The Hall–Kier alpha value is -3.08. The number of methoxy groups -OCH3 is 1. The lowest BCUT2D eigenvalue weighted by Gasteiger charge is -2.51. The highest BCUT2D eigenvalue weighted by Crippen LogP contribution is 2.58. The summed E-state index contributed by atoms with van der Waals surface area (Å²) in [6.45, 7) is 3.80. The number of benzene rings is 1. The van der Waals surface area contributed by atoms with Crippen LogP contribution in [0.2, 0.25) is 0 Å². The lowest BCUT2D eigenvalue weighted by Crippen LogP contribution is -2.47. The minimum Gasteiger partial charge on any atom is -0.368 e. The minimum atomic E-state index is -6.07. The van der Waals surface area contributed by atoms with Gasteiger partial charge >= 0.3 is 21.5 Å². The average Bonchev–Trinajstić information content (AvgIpc) is 2.79. The van der Waals surface area contributed by atoms with Gasteiger partial charge in [-0.3, -0.25) is 0 Å². The van der Waals surface area contributed by atoms with Gasteiger partial charge in [-0.25, -0.2) is 0 Å². The molecule has 35 heavy (non-hydrogen) atoms. The number of rotatable bonds is 8. The number of hydrogen-bond donors (Lipinski definition) is 1. The SMILES string of the molecule is COC(O)C[C@@H]1C[C@H](c2cc(-c3ccc(N=O)cc3)c(C#N)c(OS(=O)(=O)C(F)(F)F)[nH+]2)C1(C)C. The highest BCUT2D eigenvalue weighted by molar-refractivity contribution is 7.87. The zero-order chi connectivity index (χ0) is 26.2. The number of aliphatic hydroxyl groups excluding tert-OH is 1. The second kappa shape index (κ2) is 9.52. The van der Waals surface area contributed by atoms with E-state index < -0.39 is 38.8 Å². The second-order valence-electron chi connectivity index (χ2n) is 8.81. The molecule has 1 fully saturated rings. The molecule has 0 radical (unpaired) electrons. The van der Waals surface area contributed by atoms with Crippen LogP contribution in [0.1, 0.15) is 43.9 Å². The van der Waals surface area contributed by atoms with Crippen molar-refractivity contribution >= 4 is 15.8 Å². The highest BCUT2D eigenvalue weighted by Gasteiger charge is 2.53. The van der Waals surface area contributed by atoms with Gasteiger partial charge in [-0.15, -0.1) is 4.91 Å². The molecule has 3 atom stereocenters. The number of ether oxygens (including phenoxy) is 1. The van der Waals surface area contributed by atoms with Gasteiger partial charge in [0, 0.05) is 31.1 Å². The van der Waals surface area contributed by atoms with E-state index in [0.29, 0.717) is 24.1 Å².